The normalized spacial score (nSPS) is 10.7. The lowest BCUT2D eigenvalue weighted by Crippen LogP contribution is -2.29. The molecular formula is C28H20BrNO3. The number of rotatable bonds is 6. The number of carbonyl (C=O) groups excluding carboxylic acids is 2. The fourth-order valence-electron chi connectivity index (χ4n) is 3.24. The van der Waals surface area contributed by atoms with Crippen molar-refractivity contribution in [2.45, 2.75) is 0 Å². The van der Waals surface area contributed by atoms with Gasteiger partial charge in [0.05, 0.1) is 11.4 Å². The largest absolute Gasteiger partial charge is 0.424 e. The topological polar surface area (TPSA) is 46.6 Å². The monoisotopic (exact) mass is 497 g/mol. The minimum atomic E-state index is -0.549. The van der Waals surface area contributed by atoms with Crippen LogP contribution in [0.4, 0.5) is 16.2 Å². The summed E-state index contributed by atoms with van der Waals surface area (Å²) >= 11 is 3.37. The van der Waals surface area contributed by atoms with Gasteiger partial charge in [0.25, 0.3) is 0 Å². The number of allylic oxidation sites excluding steroid dienone is 1. The molecule has 0 heterocycles. The number of amides is 1. The molecule has 0 aliphatic rings. The molecule has 5 heteroatoms. The predicted molar refractivity (Wildman–Crippen MR) is 135 cm³/mol. The summed E-state index contributed by atoms with van der Waals surface area (Å²) in [5.41, 5.74) is 2.57. The van der Waals surface area contributed by atoms with Crippen LogP contribution in [0.5, 0.6) is 5.75 Å². The Bertz CT molecular complexity index is 1230. The van der Waals surface area contributed by atoms with E-state index in [1.807, 2.05) is 78.9 Å². The van der Waals surface area contributed by atoms with Gasteiger partial charge in [-0.15, -0.1) is 0 Å². The van der Waals surface area contributed by atoms with Crippen molar-refractivity contribution in [1.82, 2.24) is 0 Å². The van der Waals surface area contributed by atoms with Gasteiger partial charge in [-0.05, 0) is 66.7 Å². The molecule has 0 aliphatic carbocycles. The number of halogens is 1. The van der Waals surface area contributed by atoms with E-state index in [1.165, 1.54) is 11.0 Å². The van der Waals surface area contributed by atoms with Gasteiger partial charge >= 0.3 is 6.09 Å². The van der Waals surface area contributed by atoms with Crippen LogP contribution < -0.4 is 9.64 Å². The fraction of sp³-hybridized carbons (Fsp3) is 0. The number of hydrogen-bond acceptors (Lipinski definition) is 3. The van der Waals surface area contributed by atoms with Crippen molar-refractivity contribution in [3.63, 3.8) is 0 Å². The molecule has 0 N–H and O–H groups in total. The summed E-state index contributed by atoms with van der Waals surface area (Å²) < 4.78 is 6.69. The lowest BCUT2D eigenvalue weighted by molar-refractivity contribution is 0.104. The van der Waals surface area contributed by atoms with Crippen LogP contribution in [0.15, 0.2) is 120 Å². The van der Waals surface area contributed by atoms with Crippen molar-refractivity contribution >= 4 is 45.3 Å². The van der Waals surface area contributed by atoms with E-state index >= 15 is 0 Å². The van der Waals surface area contributed by atoms with Gasteiger partial charge in [-0.2, -0.15) is 0 Å². The van der Waals surface area contributed by atoms with E-state index in [-0.39, 0.29) is 5.78 Å². The first-order valence-electron chi connectivity index (χ1n) is 10.3. The first-order chi connectivity index (χ1) is 16.1. The number of anilines is 2. The zero-order valence-corrected chi connectivity index (χ0v) is 19.2. The summed E-state index contributed by atoms with van der Waals surface area (Å²) in [7, 11) is 0. The number of ether oxygens (including phenoxy) is 1. The zero-order valence-electron chi connectivity index (χ0n) is 17.6. The molecular weight excluding hydrogens is 478 g/mol. The molecule has 33 heavy (non-hydrogen) atoms. The maximum absolute atomic E-state index is 13.3. The third-order valence-corrected chi connectivity index (χ3v) is 5.40. The molecule has 0 bridgehead atoms. The van der Waals surface area contributed by atoms with Crippen molar-refractivity contribution in [3.05, 3.63) is 131 Å². The molecule has 1 amide bonds. The molecule has 0 saturated carbocycles. The van der Waals surface area contributed by atoms with E-state index in [2.05, 4.69) is 15.9 Å². The molecule has 4 aromatic carbocycles. The van der Waals surface area contributed by atoms with Gasteiger partial charge in [-0.25, -0.2) is 9.69 Å². The molecule has 0 radical (unpaired) electrons. The van der Waals surface area contributed by atoms with Crippen molar-refractivity contribution in [1.29, 1.82) is 0 Å². The molecule has 0 fully saturated rings. The van der Waals surface area contributed by atoms with Gasteiger partial charge in [0.15, 0.2) is 5.78 Å². The summed E-state index contributed by atoms with van der Waals surface area (Å²) in [6.45, 7) is 0. The maximum atomic E-state index is 13.3. The molecule has 0 saturated heterocycles. The lowest BCUT2D eigenvalue weighted by Gasteiger charge is -2.22. The molecule has 0 unspecified atom stereocenters. The van der Waals surface area contributed by atoms with Crippen molar-refractivity contribution < 1.29 is 14.3 Å². The predicted octanol–water partition coefficient (Wildman–Crippen LogP) is 7.68. The third-order valence-electron chi connectivity index (χ3n) is 4.87. The average molecular weight is 498 g/mol. The van der Waals surface area contributed by atoms with Crippen molar-refractivity contribution in [3.8, 4) is 5.75 Å². The summed E-state index contributed by atoms with van der Waals surface area (Å²) in [4.78, 5) is 27.3. The van der Waals surface area contributed by atoms with E-state index in [4.69, 9.17) is 4.74 Å². The summed E-state index contributed by atoms with van der Waals surface area (Å²) in [5.74, 6) is 0.220. The molecule has 4 aromatic rings. The van der Waals surface area contributed by atoms with Gasteiger partial charge in [0.2, 0.25) is 0 Å². The van der Waals surface area contributed by atoms with E-state index in [0.29, 0.717) is 28.3 Å². The minimum Gasteiger partial charge on any atom is -0.409 e. The smallest absolute Gasteiger partial charge is 0.409 e. The quantitative estimate of drug-likeness (QED) is 0.202. The molecule has 0 aliphatic heterocycles. The zero-order chi connectivity index (χ0) is 23.0. The van der Waals surface area contributed by atoms with Crippen LogP contribution >= 0.6 is 15.9 Å². The van der Waals surface area contributed by atoms with Crippen LogP contribution in [-0.2, 0) is 0 Å². The first-order valence-corrected chi connectivity index (χ1v) is 11.1. The Morgan fingerprint density at radius 1 is 0.697 bits per heavy atom. The second-order valence-electron chi connectivity index (χ2n) is 7.12. The Morgan fingerprint density at radius 2 is 1.24 bits per heavy atom. The van der Waals surface area contributed by atoms with Crippen LogP contribution in [0.2, 0.25) is 0 Å². The highest BCUT2D eigenvalue weighted by atomic mass is 79.9. The Morgan fingerprint density at radius 3 is 1.85 bits per heavy atom. The van der Waals surface area contributed by atoms with E-state index in [9.17, 15) is 9.59 Å². The second-order valence-corrected chi connectivity index (χ2v) is 8.03. The van der Waals surface area contributed by atoms with Crippen molar-refractivity contribution in [2.24, 2.45) is 0 Å². The van der Waals surface area contributed by atoms with Gasteiger partial charge in [0.1, 0.15) is 5.75 Å². The Kier molecular flexibility index (Phi) is 7.12. The third kappa shape index (κ3) is 5.64. The second kappa shape index (κ2) is 10.6. The Labute approximate surface area is 200 Å². The fourth-order valence-corrected chi connectivity index (χ4v) is 3.51. The standard InChI is InChI=1S/C28H20BrNO3/c29-23-18-15-21(16-19-23)26(31)20-17-22-9-7-8-14-27(22)33-28(32)30(24-10-3-1-4-11-24)25-12-5-2-6-13-25/h1-20H/b20-17+. The first kappa shape index (κ1) is 22.2. The minimum absolute atomic E-state index is 0.140. The van der Waals surface area contributed by atoms with Crippen LogP contribution in [-0.4, -0.2) is 11.9 Å². The maximum Gasteiger partial charge on any atom is 0.424 e. The van der Waals surface area contributed by atoms with E-state index in [0.717, 1.165) is 4.47 Å². The lowest BCUT2D eigenvalue weighted by atomic mass is 10.1. The average Bonchev–Trinajstić information content (AvgIpc) is 2.85. The van der Waals surface area contributed by atoms with Crippen LogP contribution in [0.1, 0.15) is 15.9 Å². The van der Waals surface area contributed by atoms with Crippen LogP contribution in [0.3, 0.4) is 0 Å². The molecule has 162 valence electrons. The number of carbonyl (C=O) groups is 2. The van der Waals surface area contributed by atoms with Crippen LogP contribution in [0, 0.1) is 0 Å². The van der Waals surface area contributed by atoms with Crippen LogP contribution in [0.25, 0.3) is 6.08 Å². The number of ketones is 1. The SMILES string of the molecule is O=C(/C=C/c1ccccc1OC(=O)N(c1ccccc1)c1ccccc1)c1ccc(Br)cc1. The van der Waals surface area contributed by atoms with Crippen molar-refractivity contribution in [2.75, 3.05) is 4.90 Å². The Balaban J connectivity index is 1.59. The summed E-state index contributed by atoms with van der Waals surface area (Å²) in [6.07, 6.45) is 2.58. The van der Waals surface area contributed by atoms with E-state index in [1.54, 1.807) is 36.4 Å². The number of hydrogen-bond donors (Lipinski definition) is 0. The molecule has 0 aromatic heterocycles. The Hall–Kier alpha value is -3.96. The highest BCUT2D eigenvalue weighted by molar-refractivity contribution is 9.10. The number of benzene rings is 4. The molecule has 4 rings (SSSR count). The molecule has 0 atom stereocenters. The summed E-state index contributed by atoms with van der Waals surface area (Å²) in [5, 5.41) is 0. The molecule has 0 spiro atoms. The van der Waals surface area contributed by atoms with Gasteiger partial charge in [-0.3, -0.25) is 4.79 Å². The van der Waals surface area contributed by atoms with Gasteiger partial charge < -0.3 is 4.74 Å². The summed E-state index contributed by atoms with van der Waals surface area (Å²) in [6, 6.07) is 32.9. The number of para-hydroxylation sites is 3. The van der Waals surface area contributed by atoms with Gasteiger partial charge in [-0.1, -0.05) is 70.5 Å². The highest BCUT2D eigenvalue weighted by Gasteiger charge is 2.20. The number of nitrogens with zero attached hydrogens (tertiary/aromatic N) is 1. The van der Waals surface area contributed by atoms with E-state index < -0.39 is 6.09 Å². The highest BCUT2D eigenvalue weighted by Crippen LogP contribution is 2.28. The molecule has 4 nitrogen and oxygen atoms in total. The van der Waals surface area contributed by atoms with Gasteiger partial charge in [0, 0.05) is 15.6 Å².